The van der Waals surface area contributed by atoms with Gasteiger partial charge in [-0.2, -0.15) is 0 Å². The summed E-state index contributed by atoms with van der Waals surface area (Å²) in [6, 6.07) is 17.3. The molecule has 4 rings (SSSR count). The number of benzene rings is 2. The number of aliphatic imine (C=N–C) groups is 1. The fourth-order valence-corrected chi connectivity index (χ4v) is 3.26. The summed E-state index contributed by atoms with van der Waals surface area (Å²) in [7, 11) is 0. The average molecular weight is 346 g/mol. The molecule has 3 aromatic rings. The monoisotopic (exact) mass is 346 g/mol. The number of nitrogens with one attached hydrogen (secondary N) is 1. The minimum atomic E-state index is 0.178. The predicted octanol–water partition coefficient (Wildman–Crippen LogP) is 3.93. The van der Waals surface area contributed by atoms with Crippen molar-refractivity contribution in [1.82, 2.24) is 4.98 Å². The number of hydrogen-bond acceptors (Lipinski definition) is 5. The summed E-state index contributed by atoms with van der Waals surface area (Å²) >= 11 is 0. The molecule has 0 spiro atoms. The maximum Gasteiger partial charge on any atom is 0.282 e. The predicted molar refractivity (Wildman–Crippen MR) is 106 cm³/mol. The van der Waals surface area contributed by atoms with Crippen LogP contribution >= 0.6 is 0 Å². The Morgan fingerprint density at radius 3 is 2.81 bits per heavy atom. The average Bonchev–Trinajstić information content (AvgIpc) is 3.06. The van der Waals surface area contributed by atoms with Gasteiger partial charge in [0.1, 0.15) is 6.61 Å². The fraction of sp³-hybridized carbons (Fsp3) is 0.238. The van der Waals surface area contributed by atoms with E-state index in [1.165, 1.54) is 11.1 Å². The lowest BCUT2D eigenvalue weighted by atomic mass is 10.1. The number of pyridine rings is 1. The molecule has 1 aliphatic heterocycles. The van der Waals surface area contributed by atoms with Crippen molar-refractivity contribution in [2.45, 2.75) is 25.8 Å². The molecule has 0 amide bonds. The molecular formula is C21H22N4O. The largest absolute Gasteiger partial charge is 0.463 e. The van der Waals surface area contributed by atoms with Gasteiger partial charge in [-0.3, -0.25) is 4.98 Å². The topological polar surface area (TPSA) is 72.5 Å². The number of nitrogens with zero attached hydrogens (tertiary/aromatic N) is 2. The number of aromatic nitrogens is 1. The molecule has 0 aliphatic carbocycles. The van der Waals surface area contributed by atoms with Crippen LogP contribution in [0.3, 0.4) is 0 Å². The van der Waals surface area contributed by atoms with E-state index in [1.807, 2.05) is 12.3 Å². The maximum atomic E-state index is 5.55. The molecule has 1 aliphatic rings. The molecule has 5 heteroatoms. The molecule has 0 saturated carbocycles. The number of rotatable bonds is 5. The lowest BCUT2D eigenvalue weighted by molar-refractivity contribution is 0.308. The second-order valence-corrected chi connectivity index (χ2v) is 6.68. The summed E-state index contributed by atoms with van der Waals surface area (Å²) in [6.07, 6.45) is 3.73. The highest BCUT2D eigenvalue weighted by molar-refractivity contribution is 5.92. The van der Waals surface area contributed by atoms with E-state index in [9.17, 15) is 0 Å². The zero-order valence-electron chi connectivity index (χ0n) is 14.8. The lowest BCUT2D eigenvalue weighted by Gasteiger charge is -2.11. The number of hydrogen-bond donors (Lipinski definition) is 2. The third kappa shape index (κ3) is 3.61. The van der Waals surface area contributed by atoms with Crippen molar-refractivity contribution in [3.05, 3.63) is 65.9 Å². The summed E-state index contributed by atoms with van der Waals surface area (Å²) in [5, 5.41) is 4.64. The van der Waals surface area contributed by atoms with Crippen LogP contribution in [0.5, 0.6) is 0 Å². The van der Waals surface area contributed by atoms with Gasteiger partial charge in [0.05, 0.1) is 17.2 Å². The number of amidine groups is 1. The minimum absolute atomic E-state index is 0.178. The summed E-state index contributed by atoms with van der Waals surface area (Å²) in [5.41, 5.74) is 11.1. The smallest absolute Gasteiger partial charge is 0.282 e. The van der Waals surface area contributed by atoms with Crippen LogP contribution in [0, 0.1) is 6.92 Å². The molecule has 5 nitrogen and oxygen atoms in total. The van der Waals surface area contributed by atoms with Crippen molar-refractivity contribution in [2.75, 3.05) is 11.9 Å². The Morgan fingerprint density at radius 1 is 1.19 bits per heavy atom. The second kappa shape index (κ2) is 7.04. The Morgan fingerprint density at radius 2 is 2.04 bits per heavy atom. The van der Waals surface area contributed by atoms with Gasteiger partial charge in [-0.05, 0) is 61.2 Å². The van der Waals surface area contributed by atoms with E-state index in [4.69, 9.17) is 10.5 Å². The van der Waals surface area contributed by atoms with Crippen LogP contribution in [0.15, 0.2) is 59.7 Å². The van der Waals surface area contributed by atoms with Gasteiger partial charge in [0.15, 0.2) is 0 Å². The molecule has 1 aromatic heterocycles. The van der Waals surface area contributed by atoms with Gasteiger partial charge in [-0.25, -0.2) is 4.99 Å². The first kappa shape index (κ1) is 16.4. The van der Waals surface area contributed by atoms with Gasteiger partial charge in [0.25, 0.3) is 6.02 Å². The van der Waals surface area contributed by atoms with Gasteiger partial charge < -0.3 is 15.8 Å². The highest BCUT2D eigenvalue weighted by Crippen LogP contribution is 2.26. The number of anilines is 2. The van der Waals surface area contributed by atoms with Crippen LogP contribution in [0.4, 0.5) is 11.4 Å². The van der Waals surface area contributed by atoms with Crippen LogP contribution in [0.25, 0.3) is 10.9 Å². The Kier molecular flexibility index (Phi) is 4.44. The Labute approximate surface area is 152 Å². The van der Waals surface area contributed by atoms with Crippen LogP contribution < -0.4 is 11.1 Å². The van der Waals surface area contributed by atoms with Gasteiger partial charge in [0, 0.05) is 17.3 Å². The SMILES string of the molecule is Cc1cc(Nc2ccc(CCC3COC(N)=N3)cc2)c2ncccc2c1. The summed E-state index contributed by atoms with van der Waals surface area (Å²) in [4.78, 5) is 8.79. The van der Waals surface area contributed by atoms with Crippen molar-refractivity contribution >= 4 is 28.3 Å². The molecule has 1 atom stereocenters. The molecule has 132 valence electrons. The molecule has 1 unspecified atom stereocenters. The Balaban J connectivity index is 1.46. The van der Waals surface area contributed by atoms with Crippen LogP contribution in [-0.4, -0.2) is 23.7 Å². The van der Waals surface area contributed by atoms with E-state index < -0.39 is 0 Å². The normalized spacial score (nSPS) is 16.3. The zero-order valence-corrected chi connectivity index (χ0v) is 14.8. The summed E-state index contributed by atoms with van der Waals surface area (Å²) in [6.45, 7) is 2.70. The van der Waals surface area contributed by atoms with E-state index in [2.05, 4.69) is 64.7 Å². The first-order valence-corrected chi connectivity index (χ1v) is 8.85. The molecular weight excluding hydrogens is 324 g/mol. The molecule has 0 bridgehead atoms. The third-order valence-corrected chi connectivity index (χ3v) is 4.58. The number of ether oxygens (including phenoxy) is 1. The van der Waals surface area contributed by atoms with Crippen molar-refractivity contribution in [2.24, 2.45) is 10.7 Å². The van der Waals surface area contributed by atoms with Crippen molar-refractivity contribution in [3.63, 3.8) is 0 Å². The van der Waals surface area contributed by atoms with E-state index >= 15 is 0 Å². The van der Waals surface area contributed by atoms with Crippen molar-refractivity contribution in [1.29, 1.82) is 0 Å². The highest BCUT2D eigenvalue weighted by Gasteiger charge is 2.16. The number of aryl methyl sites for hydroxylation is 2. The molecule has 0 radical (unpaired) electrons. The van der Waals surface area contributed by atoms with Gasteiger partial charge in [0.2, 0.25) is 0 Å². The minimum Gasteiger partial charge on any atom is -0.463 e. The van der Waals surface area contributed by atoms with Crippen molar-refractivity contribution < 1.29 is 4.74 Å². The van der Waals surface area contributed by atoms with E-state index in [0.717, 1.165) is 35.1 Å². The zero-order chi connectivity index (χ0) is 17.9. The van der Waals surface area contributed by atoms with E-state index in [1.54, 1.807) is 0 Å². The maximum absolute atomic E-state index is 5.55. The Hall–Kier alpha value is -3.08. The fourth-order valence-electron chi connectivity index (χ4n) is 3.26. The number of nitrogens with two attached hydrogens (primary N) is 1. The molecule has 26 heavy (non-hydrogen) atoms. The molecule has 2 heterocycles. The van der Waals surface area contributed by atoms with Gasteiger partial charge in [-0.1, -0.05) is 18.2 Å². The highest BCUT2D eigenvalue weighted by atomic mass is 16.5. The first-order chi connectivity index (χ1) is 12.7. The lowest BCUT2D eigenvalue weighted by Crippen LogP contribution is -2.10. The van der Waals surface area contributed by atoms with Gasteiger partial charge >= 0.3 is 0 Å². The molecule has 0 saturated heterocycles. The summed E-state index contributed by atoms with van der Waals surface area (Å²) in [5.74, 6) is 0. The van der Waals surface area contributed by atoms with Crippen LogP contribution in [-0.2, 0) is 11.2 Å². The Bertz CT molecular complexity index is 950. The standard InChI is InChI=1S/C21H22N4O/c1-14-11-16-3-2-10-23-20(16)19(12-14)24-17-7-4-15(5-8-17)6-9-18-13-26-21(22)25-18/h2-5,7-8,10-12,18,24H,6,9,13H2,1H3,(H2,22,25). The van der Waals surface area contributed by atoms with Crippen LogP contribution in [0.2, 0.25) is 0 Å². The van der Waals surface area contributed by atoms with E-state index in [-0.39, 0.29) is 6.04 Å². The molecule has 0 fully saturated rings. The van der Waals surface area contributed by atoms with E-state index in [0.29, 0.717) is 12.6 Å². The number of fused-ring (bicyclic) bond motifs is 1. The third-order valence-electron chi connectivity index (χ3n) is 4.58. The molecule has 3 N–H and O–H groups in total. The van der Waals surface area contributed by atoms with Gasteiger partial charge in [-0.15, -0.1) is 0 Å². The van der Waals surface area contributed by atoms with Crippen molar-refractivity contribution in [3.8, 4) is 0 Å². The first-order valence-electron chi connectivity index (χ1n) is 8.85. The quantitative estimate of drug-likeness (QED) is 0.734. The molecule has 2 aromatic carbocycles. The summed E-state index contributed by atoms with van der Waals surface area (Å²) < 4.78 is 5.20. The van der Waals surface area contributed by atoms with Crippen LogP contribution in [0.1, 0.15) is 17.5 Å². The second-order valence-electron chi connectivity index (χ2n) is 6.68.